The molecular formula is C15H23NO. The zero-order valence-corrected chi connectivity index (χ0v) is 10.8. The first-order chi connectivity index (χ1) is 8.19. The van der Waals surface area contributed by atoms with Gasteiger partial charge in [0, 0.05) is 6.04 Å². The second kappa shape index (κ2) is 5.65. The molecule has 0 amide bonds. The van der Waals surface area contributed by atoms with Gasteiger partial charge in [-0.25, -0.2) is 0 Å². The van der Waals surface area contributed by atoms with Gasteiger partial charge in [0.15, 0.2) is 0 Å². The zero-order chi connectivity index (χ0) is 12.3. The molecule has 0 heterocycles. The predicted octanol–water partition coefficient (Wildman–Crippen LogP) is 2.81. The Kier molecular flexibility index (Phi) is 4.19. The Balaban J connectivity index is 1.85. The van der Waals surface area contributed by atoms with E-state index < -0.39 is 0 Å². The van der Waals surface area contributed by atoms with Gasteiger partial charge in [0.25, 0.3) is 0 Å². The number of aliphatic hydroxyl groups excluding tert-OH is 1. The number of benzene rings is 1. The van der Waals surface area contributed by atoms with Crippen LogP contribution in [0.3, 0.4) is 0 Å². The lowest BCUT2D eigenvalue weighted by Crippen LogP contribution is -2.37. The molecule has 94 valence electrons. The third-order valence-electron chi connectivity index (χ3n) is 3.75. The minimum Gasteiger partial charge on any atom is -0.393 e. The van der Waals surface area contributed by atoms with Gasteiger partial charge < -0.3 is 10.4 Å². The lowest BCUT2D eigenvalue weighted by Gasteiger charge is -2.33. The van der Waals surface area contributed by atoms with E-state index in [-0.39, 0.29) is 6.10 Å². The summed E-state index contributed by atoms with van der Waals surface area (Å²) < 4.78 is 0. The number of hydrogen-bond acceptors (Lipinski definition) is 2. The molecule has 0 spiro atoms. The standard InChI is InChI=1S/C15H23NO/c1-3-15(13-6-4-11(2)5-7-13)16-10-12-8-14(17)9-12/h4-7,12,14-17H,3,8-10H2,1-2H3. The molecule has 1 unspecified atom stereocenters. The molecule has 17 heavy (non-hydrogen) atoms. The molecular weight excluding hydrogens is 210 g/mol. The van der Waals surface area contributed by atoms with E-state index in [9.17, 15) is 5.11 Å². The van der Waals surface area contributed by atoms with Crippen molar-refractivity contribution in [3.05, 3.63) is 35.4 Å². The topological polar surface area (TPSA) is 32.3 Å². The molecule has 1 atom stereocenters. The molecule has 2 nitrogen and oxygen atoms in total. The average Bonchev–Trinajstić information content (AvgIpc) is 2.29. The van der Waals surface area contributed by atoms with Crippen LogP contribution in [0.1, 0.15) is 43.4 Å². The molecule has 1 aromatic rings. The van der Waals surface area contributed by atoms with E-state index in [1.165, 1.54) is 11.1 Å². The maximum absolute atomic E-state index is 9.26. The molecule has 2 heteroatoms. The normalized spacial score (nSPS) is 25.4. The molecule has 2 N–H and O–H groups in total. The van der Waals surface area contributed by atoms with Gasteiger partial charge in [-0.3, -0.25) is 0 Å². The van der Waals surface area contributed by atoms with Crippen LogP contribution >= 0.6 is 0 Å². The summed E-state index contributed by atoms with van der Waals surface area (Å²) in [7, 11) is 0. The fraction of sp³-hybridized carbons (Fsp3) is 0.600. The van der Waals surface area contributed by atoms with Crippen LogP contribution in [-0.2, 0) is 0 Å². The van der Waals surface area contributed by atoms with Crippen LogP contribution in [0.5, 0.6) is 0 Å². The van der Waals surface area contributed by atoms with E-state index in [0.29, 0.717) is 12.0 Å². The lowest BCUT2D eigenvalue weighted by atomic mass is 9.82. The molecule has 0 aliphatic heterocycles. The smallest absolute Gasteiger partial charge is 0.0546 e. The number of aryl methyl sites for hydroxylation is 1. The molecule has 0 radical (unpaired) electrons. The van der Waals surface area contributed by atoms with Gasteiger partial charge >= 0.3 is 0 Å². The van der Waals surface area contributed by atoms with Crippen molar-refractivity contribution >= 4 is 0 Å². The molecule has 0 saturated heterocycles. The predicted molar refractivity (Wildman–Crippen MR) is 70.9 cm³/mol. The first kappa shape index (κ1) is 12.6. The van der Waals surface area contributed by atoms with Crippen molar-refractivity contribution in [1.82, 2.24) is 5.32 Å². The number of hydrogen-bond donors (Lipinski definition) is 2. The highest BCUT2D eigenvalue weighted by molar-refractivity contribution is 5.24. The Morgan fingerprint density at radius 2 is 1.94 bits per heavy atom. The molecule has 1 saturated carbocycles. The Bertz CT molecular complexity index is 340. The Morgan fingerprint density at radius 1 is 1.29 bits per heavy atom. The summed E-state index contributed by atoms with van der Waals surface area (Å²) in [6.07, 6.45) is 3.01. The van der Waals surface area contributed by atoms with Crippen molar-refractivity contribution in [2.75, 3.05) is 6.54 Å². The van der Waals surface area contributed by atoms with E-state index in [4.69, 9.17) is 0 Å². The molecule has 1 aliphatic rings. The van der Waals surface area contributed by atoms with Crippen LogP contribution in [0.15, 0.2) is 24.3 Å². The first-order valence-electron chi connectivity index (χ1n) is 6.67. The van der Waals surface area contributed by atoms with Crippen LogP contribution in [-0.4, -0.2) is 17.8 Å². The van der Waals surface area contributed by atoms with Crippen LogP contribution in [0, 0.1) is 12.8 Å². The van der Waals surface area contributed by atoms with Crippen LogP contribution in [0.2, 0.25) is 0 Å². The highest BCUT2D eigenvalue weighted by Crippen LogP contribution is 2.27. The second-order valence-corrected chi connectivity index (χ2v) is 5.27. The van der Waals surface area contributed by atoms with Crippen LogP contribution in [0.25, 0.3) is 0 Å². The molecule has 2 rings (SSSR count). The molecule has 0 bridgehead atoms. The monoisotopic (exact) mass is 233 g/mol. The van der Waals surface area contributed by atoms with Gasteiger partial charge in [0.05, 0.1) is 6.10 Å². The second-order valence-electron chi connectivity index (χ2n) is 5.27. The quantitative estimate of drug-likeness (QED) is 0.819. The lowest BCUT2D eigenvalue weighted by molar-refractivity contribution is 0.0418. The number of rotatable bonds is 5. The summed E-state index contributed by atoms with van der Waals surface area (Å²) in [5.74, 6) is 0.671. The highest BCUT2D eigenvalue weighted by Gasteiger charge is 2.27. The van der Waals surface area contributed by atoms with Crippen molar-refractivity contribution in [2.24, 2.45) is 5.92 Å². The van der Waals surface area contributed by atoms with Crippen molar-refractivity contribution < 1.29 is 5.11 Å². The van der Waals surface area contributed by atoms with Gasteiger partial charge in [-0.2, -0.15) is 0 Å². The maximum atomic E-state index is 9.26. The van der Waals surface area contributed by atoms with E-state index in [0.717, 1.165) is 25.8 Å². The summed E-state index contributed by atoms with van der Waals surface area (Å²) in [6.45, 7) is 5.37. The van der Waals surface area contributed by atoms with Crippen LogP contribution < -0.4 is 5.32 Å². The summed E-state index contributed by atoms with van der Waals surface area (Å²) >= 11 is 0. The maximum Gasteiger partial charge on any atom is 0.0546 e. The van der Waals surface area contributed by atoms with Gasteiger partial charge in [-0.15, -0.1) is 0 Å². The van der Waals surface area contributed by atoms with Crippen molar-refractivity contribution in [1.29, 1.82) is 0 Å². The third kappa shape index (κ3) is 3.30. The number of nitrogens with one attached hydrogen (secondary N) is 1. The largest absolute Gasteiger partial charge is 0.393 e. The summed E-state index contributed by atoms with van der Waals surface area (Å²) in [5.41, 5.74) is 2.68. The van der Waals surface area contributed by atoms with E-state index in [2.05, 4.69) is 43.4 Å². The summed E-state index contributed by atoms with van der Waals surface area (Å²) in [6, 6.07) is 9.23. The first-order valence-corrected chi connectivity index (χ1v) is 6.67. The Morgan fingerprint density at radius 3 is 2.47 bits per heavy atom. The third-order valence-corrected chi connectivity index (χ3v) is 3.75. The van der Waals surface area contributed by atoms with E-state index in [1.807, 2.05) is 0 Å². The summed E-state index contributed by atoms with van der Waals surface area (Å²) in [4.78, 5) is 0. The van der Waals surface area contributed by atoms with E-state index >= 15 is 0 Å². The highest BCUT2D eigenvalue weighted by atomic mass is 16.3. The van der Waals surface area contributed by atoms with Crippen molar-refractivity contribution in [3.8, 4) is 0 Å². The van der Waals surface area contributed by atoms with Gasteiger partial charge in [0.2, 0.25) is 0 Å². The molecule has 1 aromatic carbocycles. The summed E-state index contributed by atoms with van der Waals surface area (Å²) in [5, 5.41) is 12.9. The zero-order valence-electron chi connectivity index (χ0n) is 10.8. The Labute approximate surface area is 104 Å². The molecule has 1 fully saturated rings. The minimum atomic E-state index is -0.0405. The van der Waals surface area contributed by atoms with Crippen LogP contribution in [0.4, 0.5) is 0 Å². The van der Waals surface area contributed by atoms with Crippen molar-refractivity contribution in [2.45, 2.75) is 45.3 Å². The number of aliphatic hydroxyl groups is 1. The fourth-order valence-electron chi connectivity index (χ4n) is 2.47. The average molecular weight is 233 g/mol. The molecule has 1 aliphatic carbocycles. The van der Waals surface area contributed by atoms with Gasteiger partial charge in [-0.1, -0.05) is 36.8 Å². The fourth-order valence-corrected chi connectivity index (χ4v) is 2.47. The van der Waals surface area contributed by atoms with Crippen molar-refractivity contribution in [3.63, 3.8) is 0 Å². The van der Waals surface area contributed by atoms with Gasteiger partial charge in [-0.05, 0) is 44.2 Å². The SMILES string of the molecule is CCC(NCC1CC(O)C1)c1ccc(C)cc1. The van der Waals surface area contributed by atoms with Gasteiger partial charge in [0.1, 0.15) is 0 Å². The van der Waals surface area contributed by atoms with E-state index in [1.54, 1.807) is 0 Å². The Hall–Kier alpha value is -0.860. The molecule has 0 aromatic heterocycles. The minimum absolute atomic E-state index is 0.0405.